The Morgan fingerprint density at radius 3 is 0.676 bits per heavy atom. The van der Waals surface area contributed by atoms with Crippen molar-refractivity contribution in [2.24, 2.45) is 65.0 Å². The fourth-order valence-electron chi connectivity index (χ4n) is 10.0. The summed E-state index contributed by atoms with van der Waals surface area (Å²) in [6, 6.07) is 0. The molecule has 0 spiro atoms. The van der Waals surface area contributed by atoms with Gasteiger partial charge in [0.2, 0.25) is 0 Å². The highest BCUT2D eigenvalue weighted by atomic mass is 16.5. The van der Waals surface area contributed by atoms with Crippen LogP contribution in [0.15, 0.2) is 0 Å². The molecule has 0 saturated carbocycles. The van der Waals surface area contributed by atoms with Gasteiger partial charge in [-0.3, -0.25) is 0 Å². The first-order valence-electron chi connectivity index (χ1n) is 43.3. The number of ether oxygens (including phenoxy) is 9. The molecule has 3 atom stereocenters. The summed E-state index contributed by atoms with van der Waals surface area (Å²) in [4.78, 5) is 0. The van der Waals surface area contributed by atoms with Gasteiger partial charge in [-0.1, -0.05) is 201 Å². The van der Waals surface area contributed by atoms with Crippen molar-refractivity contribution < 1.29 is 93.7 Å². The monoisotopic (exact) mass is 1610 g/mol. The van der Waals surface area contributed by atoms with E-state index in [1.54, 1.807) is 6.92 Å². The van der Waals surface area contributed by atoms with Gasteiger partial charge in [-0.05, 0) is 197 Å². The Morgan fingerprint density at radius 2 is 0.459 bits per heavy atom. The molecular weight excluding hydrogens is 1410 g/mol. The minimum Gasteiger partial charge on any atom is -0.396 e. The van der Waals surface area contributed by atoms with E-state index in [0.29, 0.717) is 121 Å². The molecule has 0 saturated heterocycles. The zero-order chi connectivity index (χ0) is 87.6. The summed E-state index contributed by atoms with van der Waals surface area (Å²) >= 11 is 0. The molecule has 19 heteroatoms. The van der Waals surface area contributed by atoms with Gasteiger partial charge in [-0.2, -0.15) is 0 Å². The van der Waals surface area contributed by atoms with Crippen molar-refractivity contribution in [2.75, 3.05) is 165 Å². The molecule has 680 valence electrons. The quantitative estimate of drug-likeness (QED) is 0.0253. The fraction of sp³-hybridized carbons (Fsp3) is 1.00. The van der Waals surface area contributed by atoms with Gasteiger partial charge in [-0.25, -0.2) is 0 Å². The molecule has 0 aromatic heterocycles. The Morgan fingerprint density at radius 1 is 0.243 bits per heavy atom. The molecule has 0 aliphatic carbocycles. The van der Waals surface area contributed by atoms with Crippen molar-refractivity contribution in [3.8, 4) is 0 Å². The van der Waals surface area contributed by atoms with E-state index >= 15 is 0 Å². The summed E-state index contributed by atoms with van der Waals surface area (Å²) in [6.07, 6.45) is 21.0. The lowest BCUT2D eigenvalue weighted by Gasteiger charge is -2.30. The standard InChI is InChI=1S/C20H42O3.C19H40O4.C13H28O3.C10H22O3.3C10H22O2/c1-8-20(15-21,16-22-13-9-11-18(2,3)4)17-23-14-10-12-19(5,6)7;1-17(2,3)9-7-11-22-15-19(13-20,14-21)16-23-12-8-10-18(4,5)6;1-5-13(9-14,10-15)11-16-8-6-7-12(2,3)4;1-10(2,3)5-4-6-13-8-9(12)7-11;1-9(11)8-12-7-5-6-10(2,3)4;1-9(8-11)12-7-5-6-10(2,3)4;1-10(2,3)6-4-8-12-9-5-7-11/h21H,8-17H2,1-7H3;20-21H,7-16H2,1-6H3;14-15H,5-11H2,1-4H3;9,11-12H,4-8H2,1-3H3;2*9,11H,5-8H2,1-4H3;11H,4-9H2,1-3H3. The maximum atomic E-state index is 9.79. The minimum atomic E-state index is -0.727. The van der Waals surface area contributed by atoms with Crippen molar-refractivity contribution >= 4 is 0 Å². The van der Waals surface area contributed by atoms with Crippen LogP contribution >= 0.6 is 0 Å². The second-order valence-electron chi connectivity index (χ2n) is 42.6. The first kappa shape index (κ1) is 123. The Balaban J connectivity index is -0.000000232. The summed E-state index contributed by atoms with van der Waals surface area (Å²) < 4.78 is 49.7. The minimum absolute atomic E-state index is 0.00929. The third-order valence-corrected chi connectivity index (χ3v) is 18.0. The Labute approximate surface area is 688 Å². The number of aliphatic hydroxyl groups excluding tert-OH is 10. The summed E-state index contributed by atoms with van der Waals surface area (Å²) in [6.45, 7) is 78.0. The van der Waals surface area contributed by atoms with E-state index in [2.05, 4.69) is 194 Å². The van der Waals surface area contributed by atoms with E-state index in [4.69, 9.17) is 68.2 Å². The lowest BCUT2D eigenvalue weighted by molar-refractivity contribution is -0.0785. The normalized spacial score (nSPS) is 13.7. The van der Waals surface area contributed by atoms with Crippen LogP contribution in [-0.4, -0.2) is 235 Å². The van der Waals surface area contributed by atoms with Crippen LogP contribution in [0.25, 0.3) is 0 Å². The molecule has 0 heterocycles. The van der Waals surface area contributed by atoms with Crippen molar-refractivity contribution in [2.45, 2.75) is 368 Å². The first-order valence-corrected chi connectivity index (χ1v) is 43.3. The molecule has 10 N–H and O–H groups in total. The second-order valence-corrected chi connectivity index (χ2v) is 42.6. The number of aliphatic hydroxyl groups is 10. The molecule has 111 heavy (non-hydrogen) atoms. The van der Waals surface area contributed by atoms with E-state index < -0.39 is 16.9 Å². The molecule has 0 aromatic rings. The van der Waals surface area contributed by atoms with Crippen LogP contribution in [0.3, 0.4) is 0 Å². The average Bonchev–Trinajstić information content (AvgIpc) is 0.891. The van der Waals surface area contributed by atoms with E-state index in [-0.39, 0.29) is 77.1 Å². The topological polar surface area (TPSA) is 285 Å². The van der Waals surface area contributed by atoms with Crippen LogP contribution in [0.2, 0.25) is 0 Å². The maximum absolute atomic E-state index is 9.79. The van der Waals surface area contributed by atoms with Gasteiger partial charge >= 0.3 is 0 Å². The first-order chi connectivity index (χ1) is 50.8. The predicted molar refractivity (Wildman–Crippen MR) is 467 cm³/mol. The van der Waals surface area contributed by atoms with Crippen LogP contribution in [-0.2, 0) is 42.6 Å². The molecule has 0 aromatic carbocycles. The van der Waals surface area contributed by atoms with Crippen molar-refractivity contribution in [3.05, 3.63) is 0 Å². The van der Waals surface area contributed by atoms with Crippen LogP contribution in [0.4, 0.5) is 0 Å². The van der Waals surface area contributed by atoms with Crippen molar-refractivity contribution in [1.29, 1.82) is 0 Å². The van der Waals surface area contributed by atoms with E-state index in [9.17, 15) is 25.5 Å². The molecule has 19 nitrogen and oxygen atoms in total. The third kappa shape index (κ3) is 105. The van der Waals surface area contributed by atoms with E-state index in [1.807, 2.05) is 13.8 Å². The lowest BCUT2D eigenvalue weighted by Crippen LogP contribution is -2.40. The summed E-state index contributed by atoms with van der Waals surface area (Å²) in [5, 5.41) is 90.9. The predicted octanol–water partition coefficient (Wildman–Crippen LogP) is 18.7. The average molecular weight is 1610 g/mol. The van der Waals surface area contributed by atoms with Crippen LogP contribution in [0.1, 0.15) is 349 Å². The third-order valence-electron chi connectivity index (χ3n) is 18.0. The molecule has 3 unspecified atom stereocenters. The van der Waals surface area contributed by atoms with E-state index in [1.165, 1.54) is 19.3 Å². The van der Waals surface area contributed by atoms with E-state index in [0.717, 1.165) is 149 Å². The molecule has 0 fully saturated rings. The molecule has 0 radical (unpaired) electrons. The highest BCUT2D eigenvalue weighted by molar-refractivity contribution is 4.80. The van der Waals surface area contributed by atoms with Gasteiger partial charge in [-0.15, -0.1) is 0 Å². The van der Waals surface area contributed by atoms with Gasteiger partial charge in [0, 0.05) is 83.5 Å². The molecule has 0 aliphatic heterocycles. The zero-order valence-corrected chi connectivity index (χ0v) is 79.4. The highest BCUT2D eigenvalue weighted by Gasteiger charge is 2.32. The smallest absolute Gasteiger partial charge is 0.100 e. The number of hydrogen-bond acceptors (Lipinski definition) is 19. The van der Waals surface area contributed by atoms with Crippen LogP contribution in [0.5, 0.6) is 0 Å². The van der Waals surface area contributed by atoms with Crippen LogP contribution in [0, 0.1) is 65.0 Å². The van der Waals surface area contributed by atoms with Gasteiger partial charge in [0.05, 0.1) is 110 Å². The van der Waals surface area contributed by atoms with Crippen molar-refractivity contribution in [1.82, 2.24) is 0 Å². The summed E-state index contributed by atoms with van der Waals surface area (Å²) in [5.74, 6) is 0. The largest absolute Gasteiger partial charge is 0.396 e. The molecule has 0 bridgehead atoms. The lowest BCUT2D eigenvalue weighted by atomic mass is 9.88. The second kappa shape index (κ2) is 70.0. The fourth-order valence-corrected chi connectivity index (χ4v) is 10.0. The molecule has 0 rings (SSSR count). The van der Waals surface area contributed by atoms with Crippen LogP contribution < -0.4 is 0 Å². The van der Waals surface area contributed by atoms with Crippen molar-refractivity contribution in [3.63, 3.8) is 0 Å². The summed E-state index contributed by atoms with van der Waals surface area (Å²) in [5.41, 5.74) is 1.85. The Bertz CT molecular complexity index is 1780. The highest BCUT2D eigenvalue weighted by Crippen LogP contribution is 2.29. The van der Waals surface area contributed by atoms with Gasteiger partial charge in [0.15, 0.2) is 0 Å². The number of rotatable bonds is 54. The Kier molecular flexibility index (Phi) is 77.8. The summed E-state index contributed by atoms with van der Waals surface area (Å²) in [7, 11) is 0. The molecular formula is C92H198O19. The maximum Gasteiger partial charge on any atom is 0.100 e. The SMILES string of the molecule is CC(C)(C)CCCOCC(CO)(CO)COCCCC(C)(C)C.CC(C)(C)CCCOCC(O)CO.CC(C)(C)CCCOCCCO.CC(CO)OCCCC(C)(C)C.CC(O)COCCCC(C)(C)C.CCC(CO)(CO)COCCCC(C)(C)C.CCC(CO)(COCCCC(C)(C)C)COCCCC(C)(C)C. The zero-order valence-electron chi connectivity index (χ0n) is 79.4. The number of hydrogen-bond donors (Lipinski definition) is 10. The molecule has 0 aliphatic rings. The molecule has 0 amide bonds. The Hall–Kier alpha value is -0.760. The van der Waals surface area contributed by atoms with Gasteiger partial charge in [0.1, 0.15) is 6.10 Å². The van der Waals surface area contributed by atoms with Gasteiger partial charge in [0.25, 0.3) is 0 Å². The van der Waals surface area contributed by atoms with Gasteiger partial charge < -0.3 is 93.7 Å².